The van der Waals surface area contributed by atoms with Gasteiger partial charge in [-0.15, -0.1) is 0 Å². The summed E-state index contributed by atoms with van der Waals surface area (Å²) in [5, 5.41) is 3.26. The number of hydrogen-bond donors (Lipinski definition) is 2. The predicted octanol–water partition coefficient (Wildman–Crippen LogP) is 3.78. The van der Waals surface area contributed by atoms with Crippen LogP contribution in [0.2, 0.25) is 0 Å². The average molecular weight is 293 g/mol. The summed E-state index contributed by atoms with van der Waals surface area (Å²) in [7, 11) is 1.63. The Kier molecular flexibility index (Phi) is 3.54. The van der Waals surface area contributed by atoms with E-state index in [0.717, 1.165) is 21.6 Å². The lowest BCUT2D eigenvalue weighted by Gasteiger charge is -2.12. The molecule has 0 amide bonds. The molecule has 0 heterocycles. The maximum absolute atomic E-state index is 5.91. The van der Waals surface area contributed by atoms with Crippen molar-refractivity contribution in [2.45, 2.75) is 0 Å². The molecule has 4 heteroatoms. The Labute approximate surface area is 109 Å². The van der Waals surface area contributed by atoms with Gasteiger partial charge in [0.15, 0.2) is 0 Å². The first kappa shape index (κ1) is 11.8. The van der Waals surface area contributed by atoms with Gasteiger partial charge in [0.05, 0.1) is 24.2 Å². The summed E-state index contributed by atoms with van der Waals surface area (Å²) in [5.74, 6) is 0.772. The summed E-state index contributed by atoms with van der Waals surface area (Å²) in [6.45, 7) is 0. The molecule has 3 N–H and O–H groups in total. The van der Waals surface area contributed by atoms with E-state index in [-0.39, 0.29) is 0 Å². The summed E-state index contributed by atoms with van der Waals surface area (Å²) in [4.78, 5) is 0. The second-order valence-electron chi connectivity index (χ2n) is 3.56. The van der Waals surface area contributed by atoms with Crippen molar-refractivity contribution in [2.75, 3.05) is 18.2 Å². The van der Waals surface area contributed by atoms with Crippen molar-refractivity contribution in [1.82, 2.24) is 0 Å². The van der Waals surface area contributed by atoms with E-state index in [1.54, 1.807) is 7.11 Å². The van der Waals surface area contributed by atoms with Crippen molar-refractivity contribution < 1.29 is 4.74 Å². The van der Waals surface area contributed by atoms with Gasteiger partial charge in [0.25, 0.3) is 0 Å². The standard InChI is InChI=1S/C13H13BrN2O/c1-17-9-6-7-11(15)13(8-9)16-12-5-3-2-4-10(12)14/h2-8,16H,15H2,1H3. The summed E-state index contributed by atoms with van der Waals surface area (Å²) < 4.78 is 6.16. The molecule has 17 heavy (non-hydrogen) atoms. The Balaban J connectivity index is 2.32. The van der Waals surface area contributed by atoms with E-state index in [1.165, 1.54) is 0 Å². The van der Waals surface area contributed by atoms with Gasteiger partial charge in [0.1, 0.15) is 5.75 Å². The molecule has 0 unspecified atom stereocenters. The minimum absolute atomic E-state index is 0.682. The quantitative estimate of drug-likeness (QED) is 0.847. The highest BCUT2D eigenvalue weighted by molar-refractivity contribution is 9.10. The fourth-order valence-corrected chi connectivity index (χ4v) is 1.86. The Hall–Kier alpha value is -1.68. The molecule has 0 spiro atoms. The van der Waals surface area contributed by atoms with Crippen LogP contribution in [0.15, 0.2) is 46.9 Å². The van der Waals surface area contributed by atoms with Crippen LogP contribution in [-0.2, 0) is 0 Å². The van der Waals surface area contributed by atoms with Crippen LogP contribution in [0.5, 0.6) is 5.75 Å². The number of nitrogens with one attached hydrogen (secondary N) is 1. The van der Waals surface area contributed by atoms with Gasteiger partial charge in [-0.05, 0) is 40.2 Å². The van der Waals surface area contributed by atoms with E-state index in [9.17, 15) is 0 Å². The molecule has 0 radical (unpaired) electrons. The van der Waals surface area contributed by atoms with E-state index >= 15 is 0 Å². The van der Waals surface area contributed by atoms with Gasteiger partial charge < -0.3 is 15.8 Å². The maximum Gasteiger partial charge on any atom is 0.121 e. The molecule has 2 aromatic carbocycles. The number of anilines is 3. The minimum Gasteiger partial charge on any atom is -0.497 e. The highest BCUT2D eigenvalue weighted by Crippen LogP contribution is 2.30. The first-order chi connectivity index (χ1) is 8.20. The summed E-state index contributed by atoms with van der Waals surface area (Å²) >= 11 is 3.48. The molecule has 0 aromatic heterocycles. The maximum atomic E-state index is 5.91. The third-order valence-electron chi connectivity index (χ3n) is 2.40. The molecule has 0 aliphatic rings. The van der Waals surface area contributed by atoms with Gasteiger partial charge >= 0.3 is 0 Å². The fourth-order valence-electron chi connectivity index (χ4n) is 1.48. The van der Waals surface area contributed by atoms with Crippen LogP contribution in [0.25, 0.3) is 0 Å². The molecule has 0 aliphatic heterocycles. The van der Waals surface area contributed by atoms with Crippen LogP contribution >= 0.6 is 15.9 Å². The molecule has 0 bridgehead atoms. The van der Waals surface area contributed by atoms with Crippen LogP contribution in [0.1, 0.15) is 0 Å². The van der Waals surface area contributed by atoms with Crippen molar-refractivity contribution in [3.05, 3.63) is 46.9 Å². The van der Waals surface area contributed by atoms with Crippen LogP contribution in [-0.4, -0.2) is 7.11 Å². The molecule has 88 valence electrons. The molecular weight excluding hydrogens is 280 g/mol. The van der Waals surface area contributed by atoms with E-state index in [2.05, 4.69) is 21.2 Å². The molecule has 0 saturated carbocycles. The van der Waals surface area contributed by atoms with Crippen molar-refractivity contribution in [3.8, 4) is 5.75 Å². The molecule has 0 aliphatic carbocycles. The Bertz CT molecular complexity index is 529. The second-order valence-corrected chi connectivity index (χ2v) is 4.41. The van der Waals surface area contributed by atoms with Crippen LogP contribution in [0.4, 0.5) is 17.1 Å². The topological polar surface area (TPSA) is 47.3 Å². The van der Waals surface area contributed by atoms with E-state index in [0.29, 0.717) is 5.69 Å². The molecular formula is C13H13BrN2O. The normalized spacial score (nSPS) is 10.0. The predicted molar refractivity (Wildman–Crippen MR) is 74.8 cm³/mol. The zero-order valence-corrected chi connectivity index (χ0v) is 11.0. The highest BCUT2D eigenvalue weighted by atomic mass is 79.9. The van der Waals surface area contributed by atoms with Crippen LogP contribution < -0.4 is 15.8 Å². The van der Waals surface area contributed by atoms with Gasteiger partial charge in [-0.25, -0.2) is 0 Å². The van der Waals surface area contributed by atoms with Crippen molar-refractivity contribution in [1.29, 1.82) is 0 Å². The zero-order chi connectivity index (χ0) is 12.3. The summed E-state index contributed by atoms with van der Waals surface area (Å²) in [5.41, 5.74) is 8.39. The fraction of sp³-hybridized carbons (Fsp3) is 0.0769. The van der Waals surface area contributed by atoms with Crippen molar-refractivity contribution >= 4 is 33.0 Å². The van der Waals surface area contributed by atoms with E-state index in [1.807, 2.05) is 42.5 Å². The Morgan fingerprint density at radius 2 is 1.88 bits per heavy atom. The van der Waals surface area contributed by atoms with Crippen molar-refractivity contribution in [2.24, 2.45) is 0 Å². The Morgan fingerprint density at radius 3 is 2.59 bits per heavy atom. The first-order valence-corrected chi connectivity index (χ1v) is 5.95. The molecule has 3 nitrogen and oxygen atoms in total. The third-order valence-corrected chi connectivity index (χ3v) is 3.10. The van der Waals surface area contributed by atoms with Crippen molar-refractivity contribution in [3.63, 3.8) is 0 Å². The van der Waals surface area contributed by atoms with Gasteiger partial charge in [-0.3, -0.25) is 0 Å². The Morgan fingerprint density at radius 1 is 1.12 bits per heavy atom. The molecule has 2 rings (SSSR count). The largest absolute Gasteiger partial charge is 0.497 e. The van der Waals surface area contributed by atoms with Gasteiger partial charge in [-0.2, -0.15) is 0 Å². The van der Waals surface area contributed by atoms with Gasteiger partial charge in [-0.1, -0.05) is 12.1 Å². The van der Waals surface area contributed by atoms with Crippen LogP contribution in [0.3, 0.4) is 0 Å². The first-order valence-electron chi connectivity index (χ1n) is 5.16. The molecule has 0 saturated heterocycles. The van der Waals surface area contributed by atoms with E-state index in [4.69, 9.17) is 10.5 Å². The van der Waals surface area contributed by atoms with Gasteiger partial charge in [0, 0.05) is 10.5 Å². The number of para-hydroxylation sites is 1. The number of nitrogen functional groups attached to an aromatic ring is 1. The third kappa shape index (κ3) is 2.71. The number of hydrogen-bond acceptors (Lipinski definition) is 3. The molecule has 0 fully saturated rings. The zero-order valence-electron chi connectivity index (χ0n) is 9.41. The summed E-state index contributed by atoms with van der Waals surface area (Å²) in [6.07, 6.45) is 0. The number of benzene rings is 2. The summed E-state index contributed by atoms with van der Waals surface area (Å²) in [6, 6.07) is 13.4. The SMILES string of the molecule is COc1ccc(N)c(Nc2ccccc2Br)c1. The lowest BCUT2D eigenvalue weighted by Crippen LogP contribution is -1.97. The number of ether oxygens (including phenoxy) is 1. The van der Waals surface area contributed by atoms with Crippen LogP contribution in [0, 0.1) is 0 Å². The second kappa shape index (κ2) is 5.10. The number of methoxy groups -OCH3 is 1. The minimum atomic E-state index is 0.682. The van der Waals surface area contributed by atoms with Gasteiger partial charge in [0.2, 0.25) is 0 Å². The smallest absolute Gasteiger partial charge is 0.121 e. The number of rotatable bonds is 3. The molecule has 2 aromatic rings. The lowest BCUT2D eigenvalue weighted by molar-refractivity contribution is 0.415. The monoisotopic (exact) mass is 292 g/mol. The molecule has 0 atom stereocenters. The van der Waals surface area contributed by atoms with E-state index < -0.39 is 0 Å². The number of nitrogens with two attached hydrogens (primary N) is 1. The lowest BCUT2D eigenvalue weighted by atomic mass is 10.2. The average Bonchev–Trinajstić information content (AvgIpc) is 2.35. The highest BCUT2D eigenvalue weighted by Gasteiger charge is 2.04. The number of halogens is 1.